The van der Waals surface area contributed by atoms with Gasteiger partial charge < -0.3 is 42.7 Å². The van der Waals surface area contributed by atoms with Crippen molar-refractivity contribution in [3.8, 4) is 0 Å². The molecule has 0 aromatic rings. The van der Waals surface area contributed by atoms with Gasteiger partial charge in [-0.15, -0.1) is 0 Å². The lowest BCUT2D eigenvalue weighted by Gasteiger charge is -2.27. The van der Waals surface area contributed by atoms with Crippen molar-refractivity contribution in [2.24, 2.45) is 17.4 Å². The van der Waals surface area contributed by atoms with Crippen molar-refractivity contribution in [2.45, 2.75) is 70.3 Å². The molecule has 0 heterocycles. The molecular formula is C18H31N5O9. The number of hydrogen-bond acceptors (Lipinski definition) is 8. The third-order valence-corrected chi connectivity index (χ3v) is 4.37. The lowest BCUT2D eigenvalue weighted by molar-refractivity contribution is -0.144. The van der Waals surface area contributed by atoms with E-state index in [1.807, 2.05) is 0 Å². The molecule has 0 fully saturated rings. The van der Waals surface area contributed by atoms with E-state index in [-0.39, 0.29) is 6.42 Å². The van der Waals surface area contributed by atoms with Crippen molar-refractivity contribution < 1.29 is 44.1 Å². The average molecular weight is 461 g/mol. The Morgan fingerprint density at radius 2 is 1.38 bits per heavy atom. The highest BCUT2D eigenvalue weighted by Gasteiger charge is 2.33. The molecule has 0 aliphatic rings. The number of aliphatic hydroxyl groups is 1. The van der Waals surface area contributed by atoms with Crippen molar-refractivity contribution in [1.29, 1.82) is 0 Å². The van der Waals surface area contributed by atoms with Gasteiger partial charge in [0.1, 0.15) is 24.2 Å². The summed E-state index contributed by atoms with van der Waals surface area (Å²) in [5.41, 5.74) is 10.6. The standard InChI is InChI=1S/C18H31N5O9/c1-7(2)14(17(30)21-9(18(31)32)4-5-12(26)27)23-15(28)10(6-11(19)25)22-16(29)13(20)8(3)24/h7-10,13-14,24H,4-6,20H2,1-3H3,(H2,19,25)(H,21,30)(H,22,29)(H,23,28)(H,26,27)(H,31,32). The number of carboxylic acids is 2. The monoisotopic (exact) mass is 461 g/mol. The van der Waals surface area contributed by atoms with Gasteiger partial charge >= 0.3 is 11.9 Å². The van der Waals surface area contributed by atoms with Crippen LogP contribution in [0.25, 0.3) is 0 Å². The van der Waals surface area contributed by atoms with Crippen molar-refractivity contribution >= 4 is 35.6 Å². The minimum Gasteiger partial charge on any atom is -0.481 e. The van der Waals surface area contributed by atoms with Gasteiger partial charge in [0.2, 0.25) is 23.6 Å². The second-order valence-corrected chi connectivity index (χ2v) is 7.56. The van der Waals surface area contributed by atoms with E-state index in [0.717, 1.165) is 0 Å². The largest absolute Gasteiger partial charge is 0.481 e. The quantitative estimate of drug-likeness (QED) is 0.127. The molecule has 14 nitrogen and oxygen atoms in total. The molecule has 0 aliphatic carbocycles. The molecule has 14 heteroatoms. The summed E-state index contributed by atoms with van der Waals surface area (Å²) in [4.78, 5) is 70.6. The van der Waals surface area contributed by atoms with Crippen LogP contribution in [0.5, 0.6) is 0 Å². The third-order valence-electron chi connectivity index (χ3n) is 4.37. The van der Waals surface area contributed by atoms with E-state index >= 15 is 0 Å². The van der Waals surface area contributed by atoms with Gasteiger partial charge in [-0.1, -0.05) is 13.8 Å². The Kier molecular flexibility index (Phi) is 11.9. The average Bonchev–Trinajstić information content (AvgIpc) is 2.66. The molecule has 0 saturated carbocycles. The fourth-order valence-electron chi connectivity index (χ4n) is 2.47. The van der Waals surface area contributed by atoms with Crippen LogP contribution in [0.1, 0.15) is 40.0 Å². The van der Waals surface area contributed by atoms with Crippen LogP contribution >= 0.6 is 0 Å². The Morgan fingerprint density at radius 1 is 0.844 bits per heavy atom. The van der Waals surface area contributed by atoms with E-state index < -0.39 is 84.6 Å². The van der Waals surface area contributed by atoms with Gasteiger partial charge in [-0.2, -0.15) is 0 Å². The zero-order valence-corrected chi connectivity index (χ0v) is 18.0. The van der Waals surface area contributed by atoms with Crippen molar-refractivity contribution in [3.63, 3.8) is 0 Å². The Bertz CT molecular complexity index is 726. The molecule has 0 bridgehead atoms. The second kappa shape index (κ2) is 13.2. The van der Waals surface area contributed by atoms with Gasteiger partial charge in [0, 0.05) is 6.42 Å². The number of aliphatic hydroxyl groups excluding tert-OH is 1. The molecule has 32 heavy (non-hydrogen) atoms. The highest BCUT2D eigenvalue weighted by atomic mass is 16.4. The smallest absolute Gasteiger partial charge is 0.326 e. The van der Waals surface area contributed by atoms with Crippen molar-refractivity contribution in [1.82, 2.24) is 16.0 Å². The van der Waals surface area contributed by atoms with Crippen molar-refractivity contribution in [2.75, 3.05) is 0 Å². The summed E-state index contributed by atoms with van der Waals surface area (Å²) in [5.74, 6) is -7.03. The van der Waals surface area contributed by atoms with E-state index in [1.54, 1.807) is 13.8 Å². The van der Waals surface area contributed by atoms with Crippen LogP contribution in [-0.2, 0) is 28.8 Å². The summed E-state index contributed by atoms with van der Waals surface area (Å²) >= 11 is 0. The molecule has 0 spiro atoms. The summed E-state index contributed by atoms with van der Waals surface area (Å²) in [5, 5.41) is 34.0. The molecule has 10 N–H and O–H groups in total. The maximum Gasteiger partial charge on any atom is 0.326 e. The number of rotatable bonds is 14. The summed E-state index contributed by atoms with van der Waals surface area (Å²) < 4.78 is 0. The van der Waals surface area contributed by atoms with Gasteiger partial charge in [-0.3, -0.25) is 24.0 Å². The lowest BCUT2D eigenvalue weighted by atomic mass is 10.0. The van der Waals surface area contributed by atoms with Crippen molar-refractivity contribution in [3.05, 3.63) is 0 Å². The Balaban J connectivity index is 5.45. The Labute approximate surface area is 184 Å². The predicted molar refractivity (Wildman–Crippen MR) is 109 cm³/mol. The van der Waals surface area contributed by atoms with Gasteiger partial charge in [-0.05, 0) is 19.3 Å². The van der Waals surface area contributed by atoms with Crippen LogP contribution in [0.3, 0.4) is 0 Å². The molecular weight excluding hydrogens is 430 g/mol. The molecule has 0 aromatic heterocycles. The van der Waals surface area contributed by atoms with Crippen LogP contribution in [-0.4, -0.2) is 81.2 Å². The Morgan fingerprint density at radius 3 is 1.78 bits per heavy atom. The van der Waals surface area contributed by atoms with Crippen LogP contribution < -0.4 is 27.4 Å². The zero-order valence-electron chi connectivity index (χ0n) is 18.0. The third kappa shape index (κ3) is 10.2. The number of amides is 4. The minimum absolute atomic E-state index is 0.382. The molecule has 0 rings (SSSR count). The van der Waals surface area contributed by atoms with E-state index in [2.05, 4.69) is 16.0 Å². The fraction of sp³-hybridized carbons (Fsp3) is 0.667. The number of nitrogens with two attached hydrogens (primary N) is 2. The van der Waals surface area contributed by atoms with Gasteiger partial charge in [-0.25, -0.2) is 4.79 Å². The number of aliphatic carboxylic acids is 2. The summed E-state index contributed by atoms with van der Waals surface area (Å²) in [6.45, 7) is 4.33. The number of nitrogens with one attached hydrogen (secondary N) is 3. The molecule has 0 aromatic carbocycles. The van der Waals surface area contributed by atoms with Crippen LogP contribution in [0, 0.1) is 5.92 Å². The minimum atomic E-state index is -1.51. The normalized spacial score (nSPS) is 15.6. The van der Waals surface area contributed by atoms with E-state index in [1.165, 1.54) is 6.92 Å². The number of carbonyl (C=O) groups is 6. The number of carboxylic acid groups (broad SMARTS) is 2. The van der Waals surface area contributed by atoms with Crippen LogP contribution in [0.15, 0.2) is 0 Å². The fourth-order valence-corrected chi connectivity index (χ4v) is 2.47. The van der Waals surface area contributed by atoms with Gasteiger partial charge in [0.15, 0.2) is 0 Å². The summed E-state index contributed by atoms with van der Waals surface area (Å²) in [6.07, 6.45) is -2.77. The topological polar surface area (TPSA) is 251 Å². The highest BCUT2D eigenvalue weighted by Crippen LogP contribution is 2.06. The zero-order chi connectivity index (χ0) is 25.2. The first-order chi connectivity index (χ1) is 14.7. The summed E-state index contributed by atoms with van der Waals surface area (Å²) in [7, 11) is 0. The molecule has 5 atom stereocenters. The van der Waals surface area contributed by atoms with Crippen LogP contribution in [0.2, 0.25) is 0 Å². The number of carbonyl (C=O) groups excluding carboxylic acids is 4. The second-order valence-electron chi connectivity index (χ2n) is 7.56. The lowest BCUT2D eigenvalue weighted by Crippen LogP contribution is -2.59. The molecule has 182 valence electrons. The molecule has 4 amide bonds. The first kappa shape index (κ1) is 28.7. The molecule has 0 radical (unpaired) electrons. The first-order valence-electron chi connectivity index (χ1n) is 9.75. The molecule has 0 aliphatic heterocycles. The molecule has 5 unspecified atom stereocenters. The van der Waals surface area contributed by atoms with Gasteiger partial charge in [0.25, 0.3) is 0 Å². The number of primary amides is 1. The predicted octanol–water partition coefficient (Wildman–Crippen LogP) is -3.37. The van der Waals surface area contributed by atoms with Gasteiger partial charge in [0.05, 0.1) is 12.5 Å². The van der Waals surface area contributed by atoms with E-state index in [4.69, 9.17) is 16.6 Å². The highest BCUT2D eigenvalue weighted by molar-refractivity contribution is 5.96. The van der Waals surface area contributed by atoms with Crippen LogP contribution in [0.4, 0.5) is 0 Å². The maximum atomic E-state index is 12.6. The number of hydrogen-bond donors (Lipinski definition) is 8. The maximum absolute atomic E-state index is 12.6. The Hall–Kier alpha value is -3.26. The van der Waals surface area contributed by atoms with E-state index in [9.17, 15) is 39.0 Å². The molecule has 0 saturated heterocycles. The first-order valence-corrected chi connectivity index (χ1v) is 9.75. The van der Waals surface area contributed by atoms with E-state index in [0.29, 0.717) is 0 Å². The SMILES string of the molecule is CC(C)C(NC(=O)C(CC(N)=O)NC(=O)C(N)C(C)O)C(=O)NC(CCC(=O)O)C(=O)O. The summed E-state index contributed by atoms with van der Waals surface area (Å²) in [6, 6.07) is -5.71.